The van der Waals surface area contributed by atoms with E-state index in [1.807, 2.05) is 32.9 Å². The summed E-state index contributed by atoms with van der Waals surface area (Å²) in [5.41, 5.74) is 8.90. The Morgan fingerprint density at radius 3 is 2.05 bits per heavy atom. The van der Waals surface area contributed by atoms with Crippen molar-refractivity contribution in [1.82, 2.24) is 9.97 Å². The molecule has 0 aliphatic heterocycles. The fourth-order valence-corrected chi connectivity index (χ4v) is 2.05. The first-order chi connectivity index (χ1) is 9.66. The van der Waals surface area contributed by atoms with E-state index in [-0.39, 0.29) is 5.41 Å². The molecule has 21 heavy (non-hydrogen) atoms. The second-order valence-corrected chi connectivity index (χ2v) is 6.54. The predicted octanol–water partition coefficient (Wildman–Crippen LogP) is 4.07. The number of nitrogens with zero attached hydrogens (tertiary/aromatic N) is 2. The van der Waals surface area contributed by atoms with Crippen LogP contribution in [0.4, 0.5) is 5.82 Å². The number of aryl methyl sites for hydroxylation is 2. The van der Waals surface area contributed by atoms with Crippen LogP contribution in [0.25, 0.3) is 0 Å². The van der Waals surface area contributed by atoms with Crippen molar-refractivity contribution in [1.29, 1.82) is 0 Å². The van der Waals surface area contributed by atoms with Gasteiger partial charge < -0.3 is 10.5 Å². The van der Waals surface area contributed by atoms with E-state index in [0.717, 1.165) is 22.4 Å². The van der Waals surface area contributed by atoms with Crippen LogP contribution in [0.5, 0.6) is 11.6 Å². The molecule has 4 nitrogen and oxygen atoms in total. The molecule has 1 aromatic heterocycles. The third kappa shape index (κ3) is 3.51. The zero-order chi connectivity index (χ0) is 15.8. The summed E-state index contributed by atoms with van der Waals surface area (Å²) in [4.78, 5) is 8.91. The lowest BCUT2D eigenvalue weighted by Gasteiger charge is -2.19. The highest BCUT2D eigenvalue weighted by Gasteiger charge is 2.21. The Labute approximate surface area is 126 Å². The molecule has 0 saturated carbocycles. The lowest BCUT2D eigenvalue weighted by Crippen LogP contribution is -2.18. The molecule has 0 aliphatic carbocycles. The predicted molar refractivity (Wildman–Crippen MR) is 85.9 cm³/mol. The minimum Gasteiger partial charge on any atom is -0.439 e. The Bertz CT molecular complexity index is 652. The van der Waals surface area contributed by atoms with E-state index in [1.54, 1.807) is 0 Å². The molecule has 0 amide bonds. The fourth-order valence-electron chi connectivity index (χ4n) is 2.05. The molecule has 1 heterocycles. The van der Waals surface area contributed by atoms with Crippen LogP contribution in [0.15, 0.2) is 18.2 Å². The average Bonchev–Trinajstić information content (AvgIpc) is 2.32. The third-order valence-corrected chi connectivity index (χ3v) is 3.22. The molecule has 0 fully saturated rings. The fraction of sp³-hybridized carbons (Fsp3) is 0.412. The standard InChI is InChI=1S/C17H23N3O/c1-10-7-11(2)9-13(8-10)21-15-12(3)14(18)19-16(20-15)17(4,5)6/h7-9H,1-6H3,(H2,18,19,20). The summed E-state index contributed by atoms with van der Waals surface area (Å²) < 4.78 is 5.96. The molecule has 0 radical (unpaired) electrons. The smallest absolute Gasteiger partial charge is 0.227 e. The van der Waals surface area contributed by atoms with E-state index in [2.05, 4.69) is 36.8 Å². The highest BCUT2D eigenvalue weighted by Crippen LogP contribution is 2.30. The van der Waals surface area contributed by atoms with Crippen molar-refractivity contribution in [2.45, 2.75) is 47.0 Å². The summed E-state index contributed by atoms with van der Waals surface area (Å²) >= 11 is 0. The average molecular weight is 285 g/mol. The second-order valence-electron chi connectivity index (χ2n) is 6.54. The molecular formula is C17H23N3O. The van der Waals surface area contributed by atoms with Gasteiger partial charge in [-0.2, -0.15) is 4.98 Å². The lowest BCUT2D eigenvalue weighted by atomic mass is 9.95. The van der Waals surface area contributed by atoms with Crippen LogP contribution in [-0.2, 0) is 5.41 Å². The van der Waals surface area contributed by atoms with Gasteiger partial charge in [-0.15, -0.1) is 0 Å². The van der Waals surface area contributed by atoms with Gasteiger partial charge >= 0.3 is 0 Å². The molecular weight excluding hydrogens is 262 g/mol. The summed E-state index contributed by atoms with van der Waals surface area (Å²) in [7, 11) is 0. The van der Waals surface area contributed by atoms with Crippen LogP contribution in [0.3, 0.4) is 0 Å². The molecule has 112 valence electrons. The topological polar surface area (TPSA) is 61.0 Å². The van der Waals surface area contributed by atoms with E-state index in [0.29, 0.717) is 17.5 Å². The number of hydrogen-bond donors (Lipinski definition) is 1. The van der Waals surface area contributed by atoms with E-state index in [9.17, 15) is 0 Å². The summed E-state index contributed by atoms with van der Waals surface area (Å²) in [6.45, 7) is 12.1. The summed E-state index contributed by atoms with van der Waals surface area (Å²) in [6, 6.07) is 6.08. The Hall–Kier alpha value is -2.10. The van der Waals surface area contributed by atoms with Crippen molar-refractivity contribution in [3.8, 4) is 11.6 Å². The number of hydrogen-bond acceptors (Lipinski definition) is 4. The highest BCUT2D eigenvalue weighted by atomic mass is 16.5. The SMILES string of the molecule is Cc1cc(C)cc(Oc2nc(C(C)(C)C)nc(N)c2C)c1. The molecule has 0 aliphatic rings. The number of nitrogens with two attached hydrogens (primary N) is 1. The van der Waals surface area contributed by atoms with Crippen molar-refractivity contribution in [3.63, 3.8) is 0 Å². The Morgan fingerprint density at radius 2 is 1.52 bits per heavy atom. The van der Waals surface area contributed by atoms with E-state index in [4.69, 9.17) is 10.5 Å². The number of aromatic nitrogens is 2. The van der Waals surface area contributed by atoms with Gasteiger partial charge in [-0.1, -0.05) is 26.8 Å². The van der Waals surface area contributed by atoms with Crippen molar-refractivity contribution in [2.24, 2.45) is 0 Å². The van der Waals surface area contributed by atoms with E-state index >= 15 is 0 Å². The molecule has 0 atom stereocenters. The van der Waals surface area contributed by atoms with Crippen LogP contribution in [0.2, 0.25) is 0 Å². The van der Waals surface area contributed by atoms with Crippen molar-refractivity contribution < 1.29 is 4.74 Å². The monoisotopic (exact) mass is 285 g/mol. The van der Waals surface area contributed by atoms with Gasteiger partial charge in [0, 0.05) is 5.41 Å². The van der Waals surface area contributed by atoms with Gasteiger partial charge in [-0.3, -0.25) is 0 Å². The largest absolute Gasteiger partial charge is 0.439 e. The van der Waals surface area contributed by atoms with Crippen LogP contribution in [0.1, 0.15) is 43.3 Å². The molecule has 2 aromatic rings. The van der Waals surface area contributed by atoms with Gasteiger partial charge in [0.2, 0.25) is 5.88 Å². The molecule has 2 rings (SSSR count). The molecule has 0 spiro atoms. The minimum absolute atomic E-state index is 0.178. The van der Waals surface area contributed by atoms with Crippen LogP contribution < -0.4 is 10.5 Å². The van der Waals surface area contributed by atoms with E-state index in [1.165, 1.54) is 0 Å². The first-order valence-electron chi connectivity index (χ1n) is 7.07. The van der Waals surface area contributed by atoms with Gasteiger partial charge in [-0.05, 0) is 44.0 Å². The lowest BCUT2D eigenvalue weighted by molar-refractivity contribution is 0.442. The van der Waals surface area contributed by atoms with Gasteiger partial charge in [0.25, 0.3) is 0 Å². The maximum Gasteiger partial charge on any atom is 0.227 e. The first kappa shape index (κ1) is 15.3. The minimum atomic E-state index is -0.178. The van der Waals surface area contributed by atoms with Gasteiger partial charge in [0.05, 0.1) is 5.56 Å². The van der Waals surface area contributed by atoms with Gasteiger partial charge in [0.1, 0.15) is 17.4 Å². The van der Waals surface area contributed by atoms with Gasteiger partial charge in [-0.25, -0.2) is 4.98 Å². The third-order valence-electron chi connectivity index (χ3n) is 3.22. The molecule has 2 N–H and O–H groups in total. The van der Waals surface area contributed by atoms with Gasteiger partial charge in [0.15, 0.2) is 0 Å². The van der Waals surface area contributed by atoms with Crippen LogP contribution in [-0.4, -0.2) is 9.97 Å². The zero-order valence-electron chi connectivity index (χ0n) is 13.6. The van der Waals surface area contributed by atoms with Crippen LogP contribution >= 0.6 is 0 Å². The van der Waals surface area contributed by atoms with Crippen molar-refractivity contribution in [2.75, 3.05) is 5.73 Å². The number of benzene rings is 1. The molecule has 0 saturated heterocycles. The summed E-state index contributed by atoms with van der Waals surface area (Å²) in [5, 5.41) is 0. The first-order valence-corrected chi connectivity index (χ1v) is 7.07. The van der Waals surface area contributed by atoms with E-state index < -0.39 is 0 Å². The number of nitrogen functional groups attached to an aromatic ring is 1. The Kier molecular flexibility index (Phi) is 3.90. The molecule has 0 bridgehead atoms. The maximum atomic E-state index is 6.00. The number of rotatable bonds is 2. The summed E-state index contributed by atoms with van der Waals surface area (Å²) in [6.07, 6.45) is 0. The van der Waals surface area contributed by atoms with Crippen molar-refractivity contribution in [3.05, 3.63) is 40.7 Å². The van der Waals surface area contributed by atoms with Crippen molar-refractivity contribution >= 4 is 5.82 Å². The molecule has 1 aromatic carbocycles. The second kappa shape index (κ2) is 5.35. The summed E-state index contributed by atoms with van der Waals surface area (Å²) in [5.74, 6) is 2.45. The normalized spacial score (nSPS) is 11.5. The maximum absolute atomic E-state index is 6.00. The Morgan fingerprint density at radius 1 is 0.952 bits per heavy atom. The number of anilines is 1. The quantitative estimate of drug-likeness (QED) is 0.903. The van der Waals surface area contributed by atoms with Crippen LogP contribution in [0, 0.1) is 20.8 Å². The number of ether oxygens (including phenoxy) is 1. The zero-order valence-corrected chi connectivity index (χ0v) is 13.6. The Balaban J connectivity index is 2.46. The highest BCUT2D eigenvalue weighted by molar-refractivity contribution is 5.47. The molecule has 4 heteroatoms. The molecule has 0 unspecified atom stereocenters.